The third kappa shape index (κ3) is 7.98. The van der Waals surface area contributed by atoms with Gasteiger partial charge >= 0.3 is 5.97 Å². The van der Waals surface area contributed by atoms with Crippen molar-refractivity contribution in [2.45, 2.75) is 58.9 Å². The molecule has 1 unspecified atom stereocenters. The normalized spacial score (nSPS) is 11.6. The number of carbonyl (C=O) groups excluding carboxylic acids is 1. The van der Waals surface area contributed by atoms with Crippen molar-refractivity contribution in [1.29, 1.82) is 0 Å². The second kappa shape index (κ2) is 14.1. The van der Waals surface area contributed by atoms with Gasteiger partial charge in [0.25, 0.3) is 5.91 Å². The maximum Gasteiger partial charge on any atom is 0.306 e. The van der Waals surface area contributed by atoms with Crippen LogP contribution in [0, 0.1) is 5.92 Å². The zero-order valence-corrected chi connectivity index (χ0v) is 21.3. The second-order valence-corrected chi connectivity index (χ2v) is 9.12. The Balaban J connectivity index is 1.69. The number of ether oxygens (including phenoxy) is 1. The highest BCUT2D eigenvalue weighted by atomic mass is 16.5. The number of nitrogens with one attached hydrogen (secondary N) is 1. The van der Waals surface area contributed by atoms with Crippen molar-refractivity contribution in [1.82, 2.24) is 5.32 Å². The first-order valence-corrected chi connectivity index (χ1v) is 12.9. The average molecular weight is 488 g/mol. The quantitative estimate of drug-likeness (QED) is 0.243. The number of aliphatic carboxylic acids is 1. The van der Waals surface area contributed by atoms with E-state index in [9.17, 15) is 14.7 Å². The molecular weight excluding hydrogens is 450 g/mol. The number of carboxylic acid groups (broad SMARTS) is 1. The van der Waals surface area contributed by atoms with Gasteiger partial charge in [-0.3, -0.25) is 9.59 Å². The van der Waals surface area contributed by atoms with Crippen molar-refractivity contribution in [3.63, 3.8) is 0 Å². The van der Waals surface area contributed by atoms with E-state index in [4.69, 9.17) is 4.74 Å². The summed E-state index contributed by atoms with van der Waals surface area (Å²) >= 11 is 0. The van der Waals surface area contributed by atoms with Gasteiger partial charge in [0.15, 0.2) is 0 Å². The Morgan fingerprint density at radius 1 is 0.889 bits per heavy atom. The number of unbranched alkanes of at least 4 members (excludes halogenated alkanes) is 3. The van der Waals surface area contributed by atoms with Gasteiger partial charge in [0.1, 0.15) is 5.75 Å². The second-order valence-electron chi connectivity index (χ2n) is 9.12. The molecular formula is C31H37NO4. The maximum absolute atomic E-state index is 12.9. The Bertz CT molecular complexity index is 1110. The predicted octanol–water partition coefficient (Wildman–Crippen LogP) is 6.90. The van der Waals surface area contributed by atoms with Gasteiger partial charge in [0.2, 0.25) is 0 Å². The third-order valence-corrected chi connectivity index (χ3v) is 6.40. The molecule has 5 nitrogen and oxygen atoms in total. The number of carbonyl (C=O) groups is 2. The summed E-state index contributed by atoms with van der Waals surface area (Å²) in [5.74, 6) is -0.650. The molecule has 0 aromatic heterocycles. The van der Waals surface area contributed by atoms with Crippen molar-refractivity contribution in [3.8, 4) is 16.9 Å². The van der Waals surface area contributed by atoms with E-state index >= 15 is 0 Å². The SMILES string of the molecule is CCCCCCOc1ccc(CC(CC)C(=O)O)cc1CNC(=O)c1ccc(-c2ccccc2)cc1. The van der Waals surface area contributed by atoms with Gasteiger partial charge in [-0.05, 0) is 54.2 Å². The highest BCUT2D eigenvalue weighted by Gasteiger charge is 2.17. The van der Waals surface area contributed by atoms with Gasteiger partial charge in [0, 0.05) is 17.7 Å². The number of hydrogen-bond acceptors (Lipinski definition) is 3. The first kappa shape index (κ1) is 27.0. The topological polar surface area (TPSA) is 75.6 Å². The van der Waals surface area contributed by atoms with Gasteiger partial charge in [-0.15, -0.1) is 0 Å². The molecule has 3 aromatic carbocycles. The van der Waals surface area contributed by atoms with Gasteiger partial charge in [0.05, 0.1) is 12.5 Å². The fraction of sp³-hybridized carbons (Fsp3) is 0.355. The molecule has 3 rings (SSSR count). The minimum atomic E-state index is -0.789. The molecule has 5 heteroatoms. The monoisotopic (exact) mass is 487 g/mol. The lowest BCUT2D eigenvalue weighted by Gasteiger charge is -2.16. The standard InChI is InChI=1S/C31H37NO4/c1-3-5-6-10-19-36-29-18-13-23(20-24(4-2)31(34)35)21-28(29)22-32-30(33)27-16-14-26(15-17-27)25-11-8-7-9-12-25/h7-9,11-18,21,24H,3-6,10,19-20,22H2,1-2H3,(H,32,33)(H,34,35). The summed E-state index contributed by atoms with van der Waals surface area (Å²) in [6.45, 7) is 4.99. The molecule has 0 fully saturated rings. The molecule has 0 radical (unpaired) electrons. The van der Waals surface area contributed by atoms with Gasteiger partial charge in [-0.2, -0.15) is 0 Å². The fourth-order valence-corrected chi connectivity index (χ4v) is 4.16. The molecule has 190 valence electrons. The van der Waals surface area contributed by atoms with Crippen LogP contribution in [0.15, 0.2) is 72.8 Å². The first-order chi connectivity index (χ1) is 17.5. The van der Waals surface area contributed by atoms with Gasteiger partial charge < -0.3 is 15.2 Å². The summed E-state index contributed by atoms with van der Waals surface area (Å²) in [5.41, 5.74) is 4.54. The number of benzene rings is 3. The summed E-state index contributed by atoms with van der Waals surface area (Å²) in [5, 5.41) is 12.5. The lowest BCUT2D eigenvalue weighted by atomic mass is 9.95. The molecule has 0 aliphatic carbocycles. The largest absolute Gasteiger partial charge is 0.493 e. The smallest absolute Gasteiger partial charge is 0.306 e. The molecule has 2 N–H and O–H groups in total. The van der Waals surface area contributed by atoms with E-state index in [2.05, 4.69) is 12.2 Å². The lowest BCUT2D eigenvalue weighted by Crippen LogP contribution is -2.23. The Kier molecular flexibility index (Phi) is 10.6. The minimum Gasteiger partial charge on any atom is -0.493 e. The summed E-state index contributed by atoms with van der Waals surface area (Å²) in [4.78, 5) is 24.4. The van der Waals surface area contributed by atoms with Gasteiger partial charge in [-0.25, -0.2) is 0 Å². The Hall–Kier alpha value is -3.60. The number of rotatable bonds is 14. The van der Waals surface area contributed by atoms with E-state index in [1.54, 1.807) is 0 Å². The molecule has 0 saturated heterocycles. The average Bonchev–Trinajstić information content (AvgIpc) is 2.91. The molecule has 0 bridgehead atoms. The van der Waals surface area contributed by atoms with Crippen molar-refractivity contribution in [3.05, 3.63) is 89.5 Å². The summed E-state index contributed by atoms with van der Waals surface area (Å²) in [6, 6.07) is 23.4. The van der Waals surface area contributed by atoms with Crippen LogP contribution in [0.3, 0.4) is 0 Å². The van der Waals surface area contributed by atoms with Crippen LogP contribution < -0.4 is 10.1 Å². The van der Waals surface area contributed by atoms with Crippen LogP contribution in [0.25, 0.3) is 11.1 Å². The van der Waals surface area contributed by atoms with E-state index in [-0.39, 0.29) is 5.91 Å². The molecule has 1 atom stereocenters. The lowest BCUT2D eigenvalue weighted by molar-refractivity contribution is -0.141. The van der Waals surface area contributed by atoms with Crippen LogP contribution in [-0.4, -0.2) is 23.6 Å². The number of carboxylic acids is 1. The maximum atomic E-state index is 12.9. The van der Waals surface area contributed by atoms with E-state index in [1.807, 2.05) is 79.7 Å². The van der Waals surface area contributed by atoms with Crippen LogP contribution in [0.4, 0.5) is 0 Å². The van der Waals surface area contributed by atoms with Crippen molar-refractivity contribution in [2.75, 3.05) is 6.61 Å². The van der Waals surface area contributed by atoms with Crippen molar-refractivity contribution in [2.24, 2.45) is 5.92 Å². The van der Waals surface area contributed by atoms with E-state index < -0.39 is 11.9 Å². The van der Waals surface area contributed by atoms with Crippen LogP contribution in [0.1, 0.15) is 67.4 Å². The zero-order valence-electron chi connectivity index (χ0n) is 21.3. The molecule has 3 aromatic rings. The molecule has 0 spiro atoms. The highest BCUT2D eigenvalue weighted by molar-refractivity contribution is 5.94. The summed E-state index contributed by atoms with van der Waals surface area (Å²) in [7, 11) is 0. The van der Waals surface area contributed by atoms with E-state index in [0.29, 0.717) is 31.6 Å². The molecule has 0 aliphatic rings. The molecule has 0 aliphatic heterocycles. The minimum absolute atomic E-state index is 0.161. The number of amides is 1. The third-order valence-electron chi connectivity index (χ3n) is 6.40. The Labute approximate surface area is 214 Å². The predicted molar refractivity (Wildman–Crippen MR) is 144 cm³/mol. The van der Waals surface area contributed by atoms with Crippen LogP contribution in [0.5, 0.6) is 5.75 Å². The number of hydrogen-bond donors (Lipinski definition) is 2. The Morgan fingerprint density at radius 3 is 2.28 bits per heavy atom. The van der Waals surface area contributed by atoms with E-state index in [1.165, 1.54) is 12.8 Å². The summed E-state index contributed by atoms with van der Waals surface area (Å²) in [6.07, 6.45) is 5.46. The highest BCUT2D eigenvalue weighted by Crippen LogP contribution is 2.24. The van der Waals surface area contributed by atoms with Crippen LogP contribution >= 0.6 is 0 Å². The molecule has 36 heavy (non-hydrogen) atoms. The van der Waals surface area contributed by atoms with Crippen LogP contribution in [-0.2, 0) is 17.8 Å². The van der Waals surface area contributed by atoms with Crippen molar-refractivity contribution >= 4 is 11.9 Å². The molecule has 0 saturated carbocycles. The summed E-state index contributed by atoms with van der Waals surface area (Å²) < 4.78 is 6.05. The molecule has 1 amide bonds. The van der Waals surface area contributed by atoms with Crippen LogP contribution in [0.2, 0.25) is 0 Å². The first-order valence-electron chi connectivity index (χ1n) is 12.9. The van der Waals surface area contributed by atoms with Gasteiger partial charge in [-0.1, -0.05) is 87.7 Å². The Morgan fingerprint density at radius 2 is 1.61 bits per heavy atom. The van der Waals surface area contributed by atoms with Crippen molar-refractivity contribution < 1.29 is 19.4 Å². The van der Waals surface area contributed by atoms with E-state index in [0.717, 1.165) is 40.8 Å². The zero-order chi connectivity index (χ0) is 25.8. The fourth-order valence-electron chi connectivity index (χ4n) is 4.16. The molecule has 0 heterocycles.